The molecule has 1 heterocycles. The molecule has 1 saturated carbocycles. The average Bonchev–Trinajstić information content (AvgIpc) is 3.02. The Kier molecular flexibility index (Phi) is 7.43. The molecule has 0 aromatic rings. The highest BCUT2D eigenvalue weighted by molar-refractivity contribution is 5.93. The summed E-state index contributed by atoms with van der Waals surface area (Å²) >= 11 is 0. The maximum Gasteiger partial charge on any atom is 0.315 e. The third kappa shape index (κ3) is 6.49. The molecule has 2 rings (SSSR count). The van der Waals surface area contributed by atoms with Crippen molar-refractivity contribution in [3.8, 4) is 0 Å². The van der Waals surface area contributed by atoms with Crippen LogP contribution in [0.15, 0.2) is 0 Å². The second kappa shape index (κ2) is 9.39. The molecule has 1 saturated heterocycles. The summed E-state index contributed by atoms with van der Waals surface area (Å²) in [4.78, 5) is 50.5. The fraction of sp³-hybridized carbons (Fsp3) is 0.800. The van der Waals surface area contributed by atoms with E-state index < -0.39 is 23.7 Å². The van der Waals surface area contributed by atoms with Crippen molar-refractivity contribution in [1.82, 2.24) is 20.9 Å². The van der Waals surface area contributed by atoms with E-state index in [0.29, 0.717) is 25.3 Å². The Bertz CT molecular complexity index is 610. The highest BCUT2D eigenvalue weighted by atomic mass is 16.2. The molecule has 8 nitrogen and oxygen atoms in total. The predicted molar refractivity (Wildman–Crippen MR) is 106 cm³/mol. The highest BCUT2D eigenvalue weighted by Crippen LogP contribution is 2.30. The summed E-state index contributed by atoms with van der Waals surface area (Å²) in [6.07, 6.45) is 5.37. The van der Waals surface area contributed by atoms with Crippen molar-refractivity contribution in [3.63, 3.8) is 0 Å². The van der Waals surface area contributed by atoms with E-state index in [1.54, 1.807) is 0 Å². The molecule has 2 fully saturated rings. The number of hydrogen-bond acceptors (Lipinski definition) is 4. The molecule has 8 heteroatoms. The van der Waals surface area contributed by atoms with Crippen LogP contribution < -0.4 is 16.0 Å². The fourth-order valence-electron chi connectivity index (χ4n) is 3.64. The SMILES string of the molecule is CC(=O)C(CC1CCC1)NC(=O)C1CCCN1C(=O)CNC(=O)NC(C)(C)C. The van der Waals surface area contributed by atoms with Crippen LogP contribution in [-0.4, -0.2) is 59.2 Å². The van der Waals surface area contributed by atoms with Gasteiger partial charge in [0.2, 0.25) is 11.8 Å². The van der Waals surface area contributed by atoms with Gasteiger partial charge in [0.15, 0.2) is 5.78 Å². The van der Waals surface area contributed by atoms with E-state index in [9.17, 15) is 19.2 Å². The lowest BCUT2D eigenvalue weighted by Gasteiger charge is -2.31. The van der Waals surface area contributed by atoms with Crippen LogP contribution in [0.3, 0.4) is 0 Å². The number of nitrogens with one attached hydrogen (secondary N) is 3. The molecule has 28 heavy (non-hydrogen) atoms. The second-order valence-corrected chi connectivity index (χ2v) is 9.01. The van der Waals surface area contributed by atoms with E-state index in [1.807, 2.05) is 20.8 Å². The Morgan fingerprint density at radius 3 is 2.29 bits per heavy atom. The van der Waals surface area contributed by atoms with Crippen LogP contribution in [0, 0.1) is 5.92 Å². The van der Waals surface area contributed by atoms with Gasteiger partial charge >= 0.3 is 6.03 Å². The van der Waals surface area contributed by atoms with Crippen LogP contribution in [0.5, 0.6) is 0 Å². The number of amides is 4. The third-order valence-corrected chi connectivity index (χ3v) is 5.37. The zero-order valence-electron chi connectivity index (χ0n) is 17.5. The molecule has 2 unspecified atom stereocenters. The summed E-state index contributed by atoms with van der Waals surface area (Å²) in [6, 6.07) is -1.48. The van der Waals surface area contributed by atoms with Crippen molar-refractivity contribution in [2.75, 3.05) is 13.1 Å². The maximum absolute atomic E-state index is 12.7. The number of rotatable bonds is 7. The summed E-state index contributed by atoms with van der Waals surface area (Å²) in [6.45, 7) is 7.37. The molecule has 2 aliphatic rings. The molecule has 3 N–H and O–H groups in total. The second-order valence-electron chi connectivity index (χ2n) is 9.01. The van der Waals surface area contributed by atoms with Gasteiger partial charge < -0.3 is 20.9 Å². The third-order valence-electron chi connectivity index (χ3n) is 5.37. The number of carbonyl (C=O) groups excluding carboxylic acids is 4. The van der Waals surface area contributed by atoms with Gasteiger partial charge in [-0.3, -0.25) is 14.4 Å². The monoisotopic (exact) mass is 394 g/mol. The van der Waals surface area contributed by atoms with Crippen LogP contribution in [0.25, 0.3) is 0 Å². The van der Waals surface area contributed by atoms with Crippen molar-refractivity contribution in [2.24, 2.45) is 5.92 Å². The summed E-state index contributed by atoms with van der Waals surface area (Å²) in [5, 5.41) is 8.13. The Morgan fingerprint density at radius 1 is 1.07 bits per heavy atom. The van der Waals surface area contributed by atoms with Gasteiger partial charge in [0.25, 0.3) is 0 Å². The minimum atomic E-state index is -0.580. The molecule has 0 aromatic heterocycles. The first-order valence-electron chi connectivity index (χ1n) is 10.2. The minimum Gasteiger partial charge on any atom is -0.345 e. The van der Waals surface area contributed by atoms with E-state index in [2.05, 4.69) is 16.0 Å². The smallest absolute Gasteiger partial charge is 0.315 e. The first-order valence-corrected chi connectivity index (χ1v) is 10.2. The quantitative estimate of drug-likeness (QED) is 0.605. The van der Waals surface area contributed by atoms with E-state index >= 15 is 0 Å². The number of likely N-dealkylation sites (tertiary alicyclic amines) is 1. The molecular weight excluding hydrogens is 360 g/mol. The van der Waals surface area contributed by atoms with Crippen LogP contribution in [-0.2, 0) is 14.4 Å². The molecule has 158 valence electrons. The molecule has 1 aliphatic carbocycles. The first kappa shape index (κ1) is 22.2. The minimum absolute atomic E-state index is 0.0448. The van der Waals surface area contributed by atoms with Crippen molar-refractivity contribution < 1.29 is 19.2 Å². The van der Waals surface area contributed by atoms with Gasteiger partial charge in [0.05, 0.1) is 12.6 Å². The van der Waals surface area contributed by atoms with E-state index in [0.717, 1.165) is 19.3 Å². The molecule has 0 spiro atoms. The number of nitrogens with zero attached hydrogens (tertiary/aromatic N) is 1. The number of hydrogen-bond donors (Lipinski definition) is 3. The van der Waals surface area contributed by atoms with Gasteiger partial charge in [-0.25, -0.2) is 4.79 Å². The molecule has 2 atom stereocenters. The van der Waals surface area contributed by atoms with Crippen molar-refractivity contribution in [1.29, 1.82) is 0 Å². The lowest BCUT2D eigenvalue weighted by Crippen LogP contribution is -2.53. The molecule has 1 aliphatic heterocycles. The van der Waals surface area contributed by atoms with Crippen LogP contribution in [0.1, 0.15) is 66.2 Å². The summed E-state index contributed by atoms with van der Waals surface area (Å²) in [7, 11) is 0. The van der Waals surface area contributed by atoms with E-state index in [1.165, 1.54) is 18.2 Å². The Morgan fingerprint density at radius 2 is 1.75 bits per heavy atom. The fourth-order valence-corrected chi connectivity index (χ4v) is 3.64. The average molecular weight is 395 g/mol. The molecule has 0 bridgehead atoms. The zero-order chi connectivity index (χ0) is 20.9. The van der Waals surface area contributed by atoms with Crippen LogP contribution in [0.2, 0.25) is 0 Å². The maximum atomic E-state index is 12.7. The highest BCUT2D eigenvalue weighted by Gasteiger charge is 2.36. The lowest BCUT2D eigenvalue weighted by molar-refractivity contribution is -0.138. The summed E-state index contributed by atoms with van der Waals surface area (Å²) in [5.41, 5.74) is -0.397. The van der Waals surface area contributed by atoms with Crippen LogP contribution in [0.4, 0.5) is 4.79 Å². The Hall–Kier alpha value is -2.12. The Labute approximate surface area is 167 Å². The zero-order valence-corrected chi connectivity index (χ0v) is 17.5. The standard InChI is InChI=1S/C20H34N4O4/c1-13(25)15(11-14-7-5-8-14)22-18(27)16-9-6-10-24(16)17(26)12-21-19(28)23-20(2,3)4/h14-16H,5-12H2,1-4H3,(H,22,27)(H2,21,23,28). The van der Waals surface area contributed by atoms with Gasteiger partial charge in [-0.05, 0) is 52.9 Å². The molecular formula is C20H34N4O4. The largest absolute Gasteiger partial charge is 0.345 e. The molecule has 0 aromatic carbocycles. The number of urea groups is 1. The molecule has 0 radical (unpaired) electrons. The predicted octanol–water partition coefficient (Wildman–Crippen LogP) is 1.34. The first-order chi connectivity index (χ1) is 13.1. The van der Waals surface area contributed by atoms with Crippen molar-refractivity contribution in [2.45, 2.75) is 83.8 Å². The number of Topliss-reactive ketones (excluding diaryl/α,β-unsaturated/α-hetero) is 1. The van der Waals surface area contributed by atoms with Gasteiger partial charge in [-0.15, -0.1) is 0 Å². The van der Waals surface area contributed by atoms with Gasteiger partial charge in [0, 0.05) is 12.1 Å². The lowest BCUT2D eigenvalue weighted by atomic mass is 9.80. The normalized spacial score (nSPS) is 20.9. The van der Waals surface area contributed by atoms with Gasteiger partial charge in [-0.1, -0.05) is 19.3 Å². The number of carbonyl (C=O) groups is 4. The summed E-state index contributed by atoms with van der Waals surface area (Å²) < 4.78 is 0. The van der Waals surface area contributed by atoms with Gasteiger partial charge in [-0.2, -0.15) is 0 Å². The van der Waals surface area contributed by atoms with Crippen molar-refractivity contribution >= 4 is 23.6 Å². The van der Waals surface area contributed by atoms with E-state index in [4.69, 9.17) is 0 Å². The van der Waals surface area contributed by atoms with Crippen molar-refractivity contribution in [3.05, 3.63) is 0 Å². The summed E-state index contributed by atoms with van der Waals surface area (Å²) in [5.74, 6) is -0.109. The van der Waals surface area contributed by atoms with Crippen LogP contribution >= 0.6 is 0 Å². The van der Waals surface area contributed by atoms with Gasteiger partial charge in [0.1, 0.15) is 6.04 Å². The molecule has 4 amide bonds. The Balaban J connectivity index is 1.87. The number of ketones is 1. The van der Waals surface area contributed by atoms with E-state index in [-0.39, 0.29) is 24.1 Å². The topological polar surface area (TPSA) is 108 Å².